The van der Waals surface area contributed by atoms with Crippen LogP contribution in [0.25, 0.3) is 5.69 Å². The highest BCUT2D eigenvalue weighted by Crippen LogP contribution is 2.20. The summed E-state index contributed by atoms with van der Waals surface area (Å²) < 4.78 is 1.74. The molecule has 3 rings (SSSR count). The maximum absolute atomic E-state index is 12.6. The SMILES string of the molecule is Cc1ccn(-c2ccc(C(=O)N3CCCC[C@@H]3C(=O)O)cc2)n1. The average Bonchev–Trinajstić information content (AvgIpc) is 3.01. The molecule has 0 bridgehead atoms. The van der Waals surface area contributed by atoms with E-state index in [4.69, 9.17) is 0 Å². The van der Waals surface area contributed by atoms with E-state index in [1.807, 2.05) is 31.3 Å². The number of carboxylic acids is 1. The van der Waals surface area contributed by atoms with E-state index in [0.29, 0.717) is 18.5 Å². The molecule has 2 aromatic rings. The van der Waals surface area contributed by atoms with Crippen molar-refractivity contribution in [2.45, 2.75) is 32.2 Å². The highest BCUT2D eigenvalue weighted by atomic mass is 16.4. The van der Waals surface area contributed by atoms with Gasteiger partial charge in [0, 0.05) is 18.3 Å². The lowest BCUT2D eigenvalue weighted by Gasteiger charge is -2.33. The van der Waals surface area contributed by atoms with Gasteiger partial charge >= 0.3 is 5.97 Å². The Kier molecular flexibility index (Phi) is 4.14. The van der Waals surface area contributed by atoms with Crippen LogP contribution in [0, 0.1) is 6.92 Å². The second kappa shape index (κ2) is 6.24. The smallest absolute Gasteiger partial charge is 0.326 e. The standard InChI is InChI=1S/C17H19N3O3/c1-12-9-11-20(18-12)14-7-5-13(6-8-14)16(21)19-10-3-2-4-15(19)17(22)23/h5-9,11,15H,2-4,10H2,1H3,(H,22,23)/t15-/m1/s1. The molecule has 6 nitrogen and oxygen atoms in total. The number of nitrogens with zero attached hydrogens (tertiary/aromatic N) is 3. The summed E-state index contributed by atoms with van der Waals surface area (Å²) in [6.45, 7) is 2.41. The fraction of sp³-hybridized carbons (Fsp3) is 0.353. The van der Waals surface area contributed by atoms with Crippen molar-refractivity contribution in [3.63, 3.8) is 0 Å². The third-order valence-electron chi connectivity index (χ3n) is 4.15. The molecule has 1 aliphatic heterocycles. The first kappa shape index (κ1) is 15.3. The van der Waals surface area contributed by atoms with E-state index < -0.39 is 12.0 Å². The molecule has 1 fully saturated rings. The first-order valence-electron chi connectivity index (χ1n) is 7.73. The minimum absolute atomic E-state index is 0.222. The van der Waals surface area contributed by atoms with Gasteiger partial charge in [-0.15, -0.1) is 0 Å². The first-order chi connectivity index (χ1) is 11.1. The number of carboxylic acid groups (broad SMARTS) is 1. The summed E-state index contributed by atoms with van der Waals surface area (Å²) in [5.74, 6) is -1.15. The molecule has 1 amide bonds. The number of rotatable bonds is 3. The predicted molar refractivity (Wildman–Crippen MR) is 84.6 cm³/mol. The molecule has 0 saturated carbocycles. The van der Waals surface area contributed by atoms with Gasteiger partial charge in [0.25, 0.3) is 5.91 Å². The van der Waals surface area contributed by atoms with E-state index in [9.17, 15) is 14.7 Å². The van der Waals surface area contributed by atoms with Gasteiger partial charge in [0.2, 0.25) is 0 Å². The summed E-state index contributed by atoms with van der Waals surface area (Å²) in [4.78, 5) is 25.4. The lowest BCUT2D eigenvalue weighted by Crippen LogP contribution is -2.47. The number of likely N-dealkylation sites (tertiary alicyclic amines) is 1. The Morgan fingerprint density at radius 1 is 1.17 bits per heavy atom. The molecule has 1 saturated heterocycles. The topological polar surface area (TPSA) is 75.4 Å². The van der Waals surface area contributed by atoms with Gasteiger partial charge in [0.1, 0.15) is 6.04 Å². The quantitative estimate of drug-likeness (QED) is 0.943. The van der Waals surface area contributed by atoms with Gasteiger partial charge in [-0.05, 0) is 56.5 Å². The fourth-order valence-electron chi connectivity index (χ4n) is 2.91. The van der Waals surface area contributed by atoms with Crippen LogP contribution >= 0.6 is 0 Å². The molecular weight excluding hydrogens is 294 g/mol. The molecule has 1 aliphatic rings. The van der Waals surface area contributed by atoms with E-state index in [1.54, 1.807) is 16.8 Å². The summed E-state index contributed by atoms with van der Waals surface area (Å²) in [7, 11) is 0. The normalized spacial score (nSPS) is 18.0. The van der Waals surface area contributed by atoms with Crippen LogP contribution in [0.2, 0.25) is 0 Å². The summed E-state index contributed by atoms with van der Waals surface area (Å²) in [5.41, 5.74) is 2.29. The minimum Gasteiger partial charge on any atom is -0.480 e. The zero-order chi connectivity index (χ0) is 16.4. The number of aromatic nitrogens is 2. The summed E-state index contributed by atoms with van der Waals surface area (Å²) in [6.07, 6.45) is 4.07. The Bertz CT molecular complexity index is 721. The van der Waals surface area contributed by atoms with Gasteiger partial charge in [-0.1, -0.05) is 0 Å². The molecule has 6 heteroatoms. The number of carbonyl (C=O) groups excluding carboxylic acids is 1. The Morgan fingerprint density at radius 3 is 2.52 bits per heavy atom. The van der Waals surface area contributed by atoms with Crippen LogP contribution in [0.5, 0.6) is 0 Å². The highest BCUT2D eigenvalue weighted by Gasteiger charge is 2.32. The zero-order valence-corrected chi connectivity index (χ0v) is 13.0. The van der Waals surface area contributed by atoms with E-state index in [-0.39, 0.29) is 5.91 Å². The Morgan fingerprint density at radius 2 is 1.91 bits per heavy atom. The lowest BCUT2D eigenvalue weighted by atomic mass is 10.0. The van der Waals surface area contributed by atoms with Gasteiger partial charge in [0.15, 0.2) is 0 Å². The zero-order valence-electron chi connectivity index (χ0n) is 13.0. The third kappa shape index (κ3) is 3.11. The maximum Gasteiger partial charge on any atom is 0.326 e. The number of piperidine rings is 1. The second-order valence-electron chi connectivity index (χ2n) is 5.80. The van der Waals surface area contributed by atoms with Gasteiger partial charge in [-0.3, -0.25) is 4.79 Å². The molecule has 2 heterocycles. The maximum atomic E-state index is 12.6. The van der Waals surface area contributed by atoms with Crippen LogP contribution in [-0.4, -0.2) is 44.3 Å². The van der Waals surface area contributed by atoms with E-state index in [0.717, 1.165) is 24.2 Å². The largest absolute Gasteiger partial charge is 0.480 e. The predicted octanol–water partition coefficient (Wildman–Crippen LogP) is 2.26. The van der Waals surface area contributed by atoms with Crippen LogP contribution in [0.4, 0.5) is 0 Å². The van der Waals surface area contributed by atoms with Crippen molar-refractivity contribution in [1.82, 2.24) is 14.7 Å². The number of amides is 1. The number of aryl methyl sites for hydroxylation is 1. The van der Waals surface area contributed by atoms with Crippen molar-refractivity contribution in [1.29, 1.82) is 0 Å². The van der Waals surface area contributed by atoms with Crippen LogP contribution in [0.15, 0.2) is 36.5 Å². The van der Waals surface area contributed by atoms with Gasteiger partial charge in [-0.2, -0.15) is 5.10 Å². The van der Waals surface area contributed by atoms with Crippen molar-refractivity contribution >= 4 is 11.9 Å². The number of hydrogen-bond acceptors (Lipinski definition) is 3. The lowest BCUT2D eigenvalue weighted by molar-refractivity contribution is -0.143. The van der Waals surface area contributed by atoms with E-state index in [1.165, 1.54) is 4.90 Å². The molecule has 1 atom stereocenters. The average molecular weight is 313 g/mol. The van der Waals surface area contributed by atoms with Crippen molar-refractivity contribution in [2.24, 2.45) is 0 Å². The molecule has 1 N–H and O–H groups in total. The molecule has 0 radical (unpaired) electrons. The molecular formula is C17H19N3O3. The number of carbonyl (C=O) groups is 2. The summed E-state index contributed by atoms with van der Waals surface area (Å²) >= 11 is 0. The Balaban J connectivity index is 1.80. The van der Waals surface area contributed by atoms with Gasteiger partial charge in [-0.25, -0.2) is 9.48 Å². The first-order valence-corrected chi connectivity index (χ1v) is 7.73. The Hall–Kier alpha value is -2.63. The van der Waals surface area contributed by atoms with Crippen molar-refractivity contribution in [3.05, 3.63) is 47.8 Å². The van der Waals surface area contributed by atoms with Gasteiger partial charge in [0.05, 0.1) is 11.4 Å². The van der Waals surface area contributed by atoms with Gasteiger partial charge < -0.3 is 10.0 Å². The molecule has 0 unspecified atom stereocenters. The summed E-state index contributed by atoms with van der Waals surface area (Å²) in [5, 5.41) is 13.6. The van der Waals surface area contributed by atoms with Crippen LogP contribution in [-0.2, 0) is 4.79 Å². The van der Waals surface area contributed by atoms with Crippen molar-refractivity contribution in [2.75, 3.05) is 6.54 Å². The minimum atomic E-state index is -0.929. The molecule has 0 aliphatic carbocycles. The molecule has 1 aromatic carbocycles. The highest BCUT2D eigenvalue weighted by molar-refractivity contribution is 5.96. The number of hydrogen-bond donors (Lipinski definition) is 1. The molecule has 0 spiro atoms. The number of aliphatic carboxylic acids is 1. The Labute approximate surface area is 134 Å². The van der Waals surface area contributed by atoms with Crippen LogP contribution < -0.4 is 0 Å². The molecule has 120 valence electrons. The van der Waals surface area contributed by atoms with Crippen molar-refractivity contribution < 1.29 is 14.7 Å². The second-order valence-corrected chi connectivity index (χ2v) is 5.80. The fourth-order valence-corrected chi connectivity index (χ4v) is 2.91. The summed E-state index contributed by atoms with van der Waals surface area (Å²) in [6, 6.07) is 8.28. The molecule has 23 heavy (non-hydrogen) atoms. The van der Waals surface area contributed by atoms with Crippen LogP contribution in [0.3, 0.4) is 0 Å². The monoisotopic (exact) mass is 313 g/mol. The van der Waals surface area contributed by atoms with Crippen molar-refractivity contribution in [3.8, 4) is 5.69 Å². The molecule has 1 aromatic heterocycles. The van der Waals surface area contributed by atoms with Crippen LogP contribution in [0.1, 0.15) is 35.3 Å². The number of benzene rings is 1. The van der Waals surface area contributed by atoms with E-state index in [2.05, 4.69) is 5.10 Å². The van der Waals surface area contributed by atoms with E-state index >= 15 is 0 Å². The third-order valence-corrected chi connectivity index (χ3v) is 4.15.